The quantitative estimate of drug-likeness (QED) is 0.400. The third-order valence-corrected chi connectivity index (χ3v) is 7.72. The summed E-state index contributed by atoms with van der Waals surface area (Å²) in [7, 11) is 0. The van der Waals surface area contributed by atoms with E-state index in [1.165, 1.54) is 11.1 Å². The van der Waals surface area contributed by atoms with Gasteiger partial charge in [0.05, 0.1) is 12.8 Å². The van der Waals surface area contributed by atoms with Crippen LogP contribution in [0, 0.1) is 12.8 Å². The highest BCUT2D eigenvalue weighted by atomic mass is 16.3. The Balaban J connectivity index is 1.16. The van der Waals surface area contributed by atoms with Crippen LogP contribution in [0.25, 0.3) is 11.1 Å². The first kappa shape index (κ1) is 22.7. The number of rotatable bonds is 5. The van der Waals surface area contributed by atoms with Crippen molar-refractivity contribution in [3.8, 4) is 0 Å². The summed E-state index contributed by atoms with van der Waals surface area (Å²) in [4.78, 5) is 30.8. The SMILES string of the molecule is Cc1ccc(Cn2c(C(=O)N3CCN(C(=O)[C@H]4C[C@H]4c4ccccc4)[C@H](C)C3)cc3ccoc32)cc1. The maximum Gasteiger partial charge on any atom is 0.270 e. The van der Waals surface area contributed by atoms with E-state index >= 15 is 0 Å². The number of carbonyl (C=O) groups is 2. The number of fused-ring (bicyclic) bond motifs is 1. The largest absolute Gasteiger partial charge is 0.448 e. The van der Waals surface area contributed by atoms with Gasteiger partial charge in [0.1, 0.15) is 5.69 Å². The average molecular weight is 482 g/mol. The third-order valence-electron chi connectivity index (χ3n) is 7.72. The molecular formula is C30H31N3O3. The van der Waals surface area contributed by atoms with Crippen LogP contribution in [0.2, 0.25) is 0 Å². The lowest BCUT2D eigenvalue weighted by Gasteiger charge is -2.40. The normalized spacial score (nSPS) is 21.7. The van der Waals surface area contributed by atoms with E-state index in [2.05, 4.69) is 50.2 Å². The molecule has 36 heavy (non-hydrogen) atoms. The lowest BCUT2D eigenvalue weighted by molar-refractivity contribution is -0.136. The number of piperazine rings is 1. The van der Waals surface area contributed by atoms with E-state index in [-0.39, 0.29) is 23.8 Å². The van der Waals surface area contributed by atoms with Crippen LogP contribution in [0.4, 0.5) is 0 Å². The van der Waals surface area contributed by atoms with Crippen LogP contribution in [0.5, 0.6) is 0 Å². The molecule has 0 unspecified atom stereocenters. The van der Waals surface area contributed by atoms with Crippen LogP contribution in [-0.2, 0) is 11.3 Å². The zero-order chi connectivity index (χ0) is 24.8. The summed E-state index contributed by atoms with van der Waals surface area (Å²) >= 11 is 0. The van der Waals surface area contributed by atoms with Gasteiger partial charge in [-0.3, -0.25) is 9.59 Å². The number of benzene rings is 2. The molecular weight excluding hydrogens is 450 g/mol. The number of nitrogens with zero attached hydrogens (tertiary/aromatic N) is 3. The lowest BCUT2D eigenvalue weighted by atomic mass is 10.1. The fourth-order valence-corrected chi connectivity index (χ4v) is 5.57. The first-order valence-electron chi connectivity index (χ1n) is 12.8. The molecule has 2 aromatic heterocycles. The standard InChI is InChI=1S/C30H31N3O3/c1-20-8-10-22(11-9-20)19-33-27(16-24-12-15-36-30(24)33)29(35)31-13-14-32(21(2)18-31)28(34)26-17-25(26)23-6-4-3-5-7-23/h3-12,15-16,21,25-26H,13-14,17-19H2,1-2H3/t21-,25+,26+/m1/s1. The van der Waals surface area contributed by atoms with Crippen LogP contribution in [0.3, 0.4) is 0 Å². The summed E-state index contributed by atoms with van der Waals surface area (Å²) in [5, 5.41) is 0.924. The second kappa shape index (κ2) is 9.01. The van der Waals surface area contributed by atoms with E-state index in [9.17, 15) is 9.59 Å². The molecule has 6 rings (SSSR count). The molecule has 3 heterocycles. The highest BCUT2D eigenvalue weighted by Crippen LogP contribution is 2.48. The molecule has 6 heteroatoms. The van der Waals surface area contributed by atoms with Gasteiger partial charge >= 0.3 is 0 Å². The van der Waals surface area contributed by atoms with Gasteiger partial charge in [-0.15, -0.1) is 0 Å². The van der Waals surface area contributed by atoms with Gasteiger partial charge in [-0.05, 0) is 49.4 Å². The molecule has 4 aromatic rings. The van der Waals surface area contributed by atoms with Gasteiger partial charge in [0.25, 0.3) is 5.91 Å². The van der Waals surface area contributed by atoms with Crippen molar-refractivity contribution in [3.05, 3.63) is 95.4 Å². The van der Waals surface area contributed by atoms with Gasteiger partial charge < -0.3 is 18.8 Å². The van der Waals surface area contributed by atoms with E-state index < -0.39 is 0 Å². The predicted octanol–water partition coefficient (Wildman–Crippen LogP) is 5.07. The van der Waals surface area contributed by atoms with Crippen molar-refractivity contribution in [1.82, 2.24) is 14.4 Å². The van der Waals surface area contributed by atoms with E-state index in [4.69, 9.17) is 4.42 Å². The Hall–Kier alpha value is -3.80. The molecule has 0 bridgehead atoms. The Morgan fingerprint density at radius 1 is 1.00 bits per heavy atom. The second-order valence-electron chi connectivity index (χ2n) is 10.3. The number of amides is 2. The number of carbonyl (C=O) groups excluding carboxylic acids is 2. The van der Waals surface area contributed by atoms with Gasteiger partial charge in [0, 0.05) is 37.0 Å². The molecule has 0 spiro atoms. The van der Waals surface area contributed by atoms with Crippen molar-refractivity contribution in [1.29, 1.82) is 0 Å². The number of furan rings is 1. The Morgan fingerprint density at radius 3 is 2.53 bits per heavy atom. The van der Waals surface area contributed by atoms with Crippen LogP contribution >= 0.6 is 0 Å². The van der Waals surface area contributed by atoms with Gasteiger partial charge in [0.15, 0.2) is 0 Å². The minimum atomic E-state index is -0.0178. The fraction of sp³-hybridized carbons (Fsp3) is 0.333. The Kier molecular flexibility index (Phi) is 5.67. The molecule has 1 saturated carbocycles. The predicted molar refractivity (Wildman–Crippen MR) is 139 cm³/mol. The summed E-state index contributed by atoms with van der Waals surface area (Å²) in [6, 6.07) is 22.4. The molecule has 3 atom stereocenters. The monoisotopic (exact) mass is 481 g/mol. The number of hydrogen-bond acceptors (Lipinski definition) is 3. The number of hydrogen-bond donors (Lipinski definition) is 0. The summed E-state index contributed by atoms with van der Waals surface area (Å²) in [6.45, 7) is 6.32. The molecule has 1 aliphatic carbocycles. The number of aromatic nitrogens is 1. The maximum atomic E-state index is 13.7. The average Bonchev–Trinajstić information content (AvgIpc) is 3.45. The van der Waals surface area contributed by atoms with Crippen molar-refractivity contribution in [2.45, 2.75) is 38.8 Å². The highest BCUT2D eigenvalue weighted by Gasteiger charge is 2.47. The molecule has 1 aliphatic heterocycles. The molecule has 2 fully saturated rings. The Labute approximate surface area is 211 Å². The fourth-order valence-electron chi connectivity index (χ4n) is 5.57. The highest BCUT2D eigenvalue weighted by molar-refractivity contribution is 5.98. The van der Waals surface area contributed by atoms with Gasteiger partial charge in [0.2, 0.25) is 11.6 Å². The molecule has 6 nitrogen and oxygen atoms in total. The Bertz CT molecular complexity index is 1400. The molecule has 2 aromatic carbocycles. The molecule has 2 amide bonds. The third kappa shape index (κ3) is 4.11. The molecule has 1 saturated heterocycles. The van der Waals surface area contributed by atoms with E-state index in [1.54, 1.807) is 6.26 Å². The van der Waals surface area contributed by atoms with Gasteiger partial charge in [-0.25, -0.2) is 0 Å². The topological polar surface area (TPSA) is 58.7 Å². The summed E-state index contributed by atoms with van der Waals surface area (Å²) in [5.74, 6) is 0.603. The summed E-state index contributed by atoms with van der Waals surface area (Å²) in [5.41, 5.74) is 4.90. The van der Waals surface area contributed by atoms with Crippen molar-refractivity contribution >= 4 is 22.9 Å². The van der Waals surface area contributed by atoms with Crippen molar-refractivity contribution in [3.63, 3.8) is 0 Å². The minimum Gasteiger partial charge on any atom is -0.448 e. The molecule has 0 N–H and O–H groups in total. The lowest BCUT2D eigenvalue weighted by Crippen LogP contribution is -2.56. The second-order valence-corrected chi connectivity index (χ2v) is 10.3. The minimum absolute atomic E-state index is 0.0129. The summed E-state index contributed by atoms with van der Waals surface area (Å²) in [6.07, 6.45) is 2.58. The zero-order valence-electron chi connectivity index (χ0n) is 20.8. The van der Waals surface area contributed by atoms with Crippen LogP contribution in [-0.4, -0.2) is 51.9 Å². The van der Waals surface area contributed by atoms with Gasteiger partial charge in [-0.2, -0.15) is 0 Å². The smallest absolute Gasteiger partial charge is 0.270 e. The van der Waals surface area contributed by atoms with Gasteiger partial charge in [-0.1, -0.05) is 60.2 Å². The van der Waals surface area contributed by atoms with E-state index in [1.807, 2.05) is 44.7 Å². The van der Waals surface area contributed by atoms with Crippen LogP contribution < -0.4 is 0 Å². The molecule has 0 radical (unpaired) electrons. The van der Waals surface area contributed by atoms with Crippen molar-refractivity contribution < 1.29 is 14.0 Å². The van der Waals surface area contributed by atoms with Crippen LogP contribution in [0.1, 0.15) is 46.4 Å². The zero-order valence-corrected chi connectivity index (χ0v) is 20.8. The summed E-state index contributed by atoms with van der Waals surface area (Å²) < 4.78 is 7.72. The van der Waals surface area contributed by atoms with E-state index in [0.29, 0.717) is 43.5 Å². The molecule has 2 aliphatic rings. The van der Waals surface area contributed by atoms with Crippen molar-refractivity contribution in [2.75, 3.05) is 19.6 Å². The number of aryl methyl sites for hydroxylation is 1. The Morgan fingerprint density at radius 2 is 1.78 bits per heavy atom. The maximum absolute atomic E-state index is 13.7. The van der Waals surface area contributed by atoms with Crippen LogP contribution in [0.15, 0.2) is 77.4 Å². The van der Waals surface area contributed by atoms with E-state index in [0.717, 1.165) is 17.4 Å². The van der Waals surface area contributed by atoms with Crippen molar-refractivity contribution in [2.24, 2.45) is 5.92 Å². The first-order valence-corrected chi connectivity index (χ1v) is 12.8. The first-order chi connectivity index (χ1) is 17.5. The molecule has 184 valence electrons.